The Morgan fingerprint density at radius 3 is 2.47 bits per heavy atom. The quantitative estimate of drug-likeness (QED) is 0.522. The average Bonchev–Trinajstić information content (AvgIpc) is 3.05. The first kappa shape index (κ1) is 22.4. The first-order chi connectivity index (χ1) is 14.3. The maximum absolute atomic E-state index is 13.1. The monoisotopic (exact) mass is 420 g/mol. The van der Waals surface area contributed by atoms with Crippen LogP contribution in [0.4, 0.5) is 0 Å². The van der Waals surface area contributed by atoms with Gasteiger partial charge in [0.15, 0.2) is 0 Å². The van der Waals surface area contributed by atoms with Crippen molar-refractivity contribution in [3.8, 4) is 0 Å². The van der Waals surface area contributed by atoms with Crippen LogP contribution in [-0.2, 0) is 28.5 Å². The molecule has 0 spiro atoms. The van der Waals surface area contributed by atoms with Crippen molar-refractivity contribution in [2.45, 2.75) is 51.9 Å². The topological polar surface area (TPSA) is 91.3 Å². The minimum atomic E-state index is -0.445. The number of carbonyl (C=O) groups is 2. The van der Waals surface area contributed by atoms with Crippen molar-refractivity contribution < 1.29 is 33.6 Å². The highest BCUT2D eigenvalue weighted by Crippen LogP contribution is 2.48. The molecule has 8 atom stereocenters. The Balaban J connectivity index is 1.78. The van der Waals surface area contributed by atoms with Gasteiger partial charge in [0.2, 0.25) is 0 Å². The molecule has 0 bridgehead atoms. The molecule has 166 valence electrons. The third-order valence-corrected chi connectivity index (χ3v) is 6.94. The predicted molar refractivity (Wildman–Crippen MR) is 109 cm³/mol. The van der Waals surface area contributed by atoms with Crippen LogP contribution in [0.25, 0.3) is 0 Å². The SMILES string of the molecule is C=C[C@H]1[C@H](C)OC=C(C(=O)OC2C[C@@H]3C(C(=O)OC)=CO[C@@H](C)[C@@H]3[C@H]2C)[C@H]1CCO. The number of esters is 2. The summed E-state index contributed by atoms with van der Waals surface area (Å²) in [6.07, 6.45) is 5.10. The summed E-state index contributed by atoms with van der Waals surface area (Å²) < 4.78 is 22.2. The van der Waals surface area contributed by atoms with Crippen LogP contribution >= 0.6 is 0 Å². The molecule has 3 aliphatic rings. The van der Waals surface area contributed by atoms with Gasteiger partial charge in [-0.15, -0.1) is 6.58 Å². The second-order valence-corrected chi connectivity index (χ2v) is 8.47. The van der Waals surface area contributed by atoms with E-state index in [0.29, 0.717) is 24.0 Å². The van der Waals surface area contributed by atoms with Gasteiger partial charge in [0.25, 0.3) is 0 Å². The minimum Gasteiger partial charge on any atom is -0.497 e. The molecule has 1 saturated carbocycles. The van der Waals surface area contributed by atoms with E-state index >= 15 is 0 Å². The van der Waals surface area contributed by atoms with Gasteiger partial charge in [-0.05, 0) is 26.7 Å². The summed E-state index contributed by atoms with van der Waals surface area (Å²) in [7, 11) is 1.35. The van der Waals surface area contributed by atoms with E-state index in [1.165, 1.54) is 19.6 Å². The lowest BCUT2D eigenvalue weighted by molar-refractivity contribution is -0.148. The van der Waals surface area contributed by atoms with E-state index in [1.54, 1.807) is 6.08 Å². The normalized spacial score (nSPS) is 37.6. The predicted octanol–water partition coefficient (Wildman–Crippen LogP) is 2.75. The molecule has 0 aromatic carbocycles. The van der Waals surface area contributed by atoms with Crippen LogP contribution in [-0.4, -0.2) is 49.1 Å². The largest absolute Gasteiger partial charge is 0.497 e. The Kier molecular flexibility index (Phi) is 6.91. The van der Waals surface area contributed by atoms with Crippen molar-refractivity contribution in [3.63, 3.8) is 0 Å². The van der Waals surface area contributed by atoms with Gasteiger partial charge in [0, 0.05) is 36.2 Å². The first-order valence-electron chi connectivity index (χ1n) is 10.6. The highest BCUT2D eigenvalue weighted by atomic mass is 16.5. The number of aliphatic hydroxyl groups excluding tert-OH is 1. The summed E-state index contributed by atoms with van der Waals surface area (Å²) in [5.74, 6) is -1.18. The van der Waals surface area contributed by atoms with E-state index in [4.69, 9.17) is 18.9 Å². The first-order valence-corrected chi connectivity index (χ1v) is 10.6. The molecule has 1 N–H and O–H groups in total. The molecule has 7 nitrogen and oxygen atoms in total. The lowest BCUT2D eigenvalue weighted by Crippen LogP contribution is -2.36. The molecule has 0 aromatic rings. The summed E-state index contributed by atoms with van der Waals surface area (Å²) >= 11 is 0. The standard InChI is InChI=1S/C23H32O7/c1-6-15-13(3)28-10-18(16(15)7-8-24)23(26)30-20-9-17-19(22(25)27-5)11-29-14(4)21(17)12(20)2/h6,10-17,20-21,24H,1,7-9H2,2-5H3/t12-,13-,14-,15-,16-,17+,20?,21-/m0/s1. The van der Waals surface area contributed by atoms with Gasteiger partial charge in [-0.3, -0.25) is 0 Å². The summed E-state index contributed by atoms with van der Waals surface area (Å²) in [5.41, 5.74) is 0.909. The average molecular weight is 421 g/mol. The number of ether oxygens (including phenoxy) is 4. The maximum atomic E-state index is 13.1. The fourth-order valence-corrected chi connectivity index (χ4v) is 5.30. The molecule has 0 radical (unpaired) electrons. The number of fused-ring (bicyclic) bond motifs is 1. The Labute approximate surface area is 177 Å². The van der Waals surface area contributed by atoms with Crippen molar-refractivity contribution in [3.05, 3.63) is 36.3 Å². The number of aliphatic hydroxyl groups is 1. The lowest BCUT2D eigenvalue weighted by Gasteiger charge is -2.35. The zero-order chi connectivity index (χ0) is 22.0. The molecular weight excluding hydrogens is 388 g/mol. The molecule has 1 fully saturated rings. The Bertz CT molecular complexity index is 740. The molecular formula is C23H32O7. The van der Waals surface area contributed by atoms with E-state index in [2.05, 4.69) is 6.58 Å². The second-order valence-electron chi connectivity index (χ2n) is 8.47. The fraction of sp³-hybridized carbons (Fsp3) is 0.652. The van der Waals surface area contributed by atoms with Crippen LogP contribution < -0.4 is 0 Å². The van der Waals surface area contributed by atoms with E-state index in [-0.39, 0.29) is 54.5 Å². The highest BCUT2D eigenvalue weighted by Gasteiger charge is 2.51. The number of hydrogen-bond donors (Lipinski definition) is 1. The van der Waals surface area contributed by atoms with Crippen molar-refractivity contribution in [2.24, 2.45) is 29.6 Å². The smallest absolute Gasteiger partial charge is 0.337 e. The molecule has 2 aliphatic heterocycles. The van der Waals surface area contributed by atoms with Crippen molar-refractivity contribution in [2.75, 3.05) is 13.7 Å². The van der Waals surface area contributed by atoms with Gasteiger partial charge in [-0.2, -0.15) is 0 Å². The molecule has 2 heterocycles. The van der Waals surface area contributed by atoms with Crippen LogP contribution in [0.3, 0.4) is 0 Å². The van der Waals surface area contributed by atoms with Crippen LogP contribution in [0.5, 0.6) is 0 Å². The number of methoxy groups -OCH3 is 1. The summed E-state index contributed by atoms with van der Waals surface area (Å²) in [4.78, 5) is 25.3. The Morgan fingerprint density at radius 1 is 1.17 bits per heavy atom. The number of rotatable bonds is 6. The van der Waals surface area contributed by atoms with Gasteiger partial charge in [-0.1, -0.05) is 13.0 Å². The van der Waals surface area contributed by atoms with Gasteiger partial charge in [0.05, 0.1) is 36.9 Å². The fourth-order valence-electron chi connectivity index (χ4n) is 5.30. The molecule has 7 heteroatoms. The van der Waals surface area contributed by atoms with Crippen molar-refractivity contribution >= 4 is 11.9 Å². The van der Waals surface area contributed by atoms with Gasteiger partial charge < -0.3 is 24.1 Å². The van der Waals surface area contributed by atoms with Gasteiger partial charge >= 0.3 is 11.9 Å². The van der Waals surface area contributed by atoms with Crippen LogP contribution in [0.15, 0.2) is 36.3 Å². The summed E-state index contributed by atoms with van der Waals surface area (Å²) in [6.45, 7) is 9.72. The number of hydrogen-bond acceptors (Lipinski definition) is 7. The molecule has 30 heavy (non-hydrogen) atoms. The zero-order valence-electron chi connectivity index (χ0n) is 18.1. The minimum absolute atomic E-state index is 0.0119. The zero-order valence-corrected chi connectivity index (χ0v) is 18.1. The van der Waals surface area contributed by atoms with E-state index in [1.807, 2.05) is 20.8 Å². The summed E-state index contributed by atoms with van der Waals surface area (Å²) in [5, 5.41) is 9.50. The Hall–Kier alpha value is -2.28. The van der Waals surface area contributed by atoms with Crippen LogP contribution in [0.2, 0.25) is 0 Å². The van der Waals surface area contributed by atoms with Crippen LogP contribution in [0.1, 0.15) is 33.6 Å². The number of carbonyl (C=O) groups excluding carboxylic acids is 2. The molecule has 0 amide bonds. The maximum Gasteiger partial charge on any atom is 0.337 e. The van der Waals surface area contributed by atoms with Crippen molar-refractivity contribution in [1.29, 1.82) is 0 Å². The third kappa shape index (κ3) is 4.00. The highest BCUT2D eigenvalue weighted by molar-refractivity contribution is 5.90. The van der Waals surface area contributed by atoms with Gasteiger partial charge in [0.1, 0.15) is 12.2 Å². The lowest BCUT2D eigenvalue weighted by atomic mass is 9.79. The molecule has 0 aromatic heterocycles. The second kappa shape index (κ2) is 9.25. The molecule has 1 unspecified atom stereocenters. The van der Waals surface area contributed by atoms with E-state index in [9.17, 15) is 14.7 Å². The van der Waals surface area contributed by atoms with Crippen molar-refractivity contribution in [1.82, 2.24) is 0 Å². The molecule has 3 rings (SSSR count). The molecule has 1 aliphatic carbocycles. The Morgan fingerprint density at radius 2 is 1.83 bits per heavy atom. The third-order valence-electron chi connectivity index (χ3n) is 6.94. The van der Waals surface area contributed by atoms with Gasteiger partial charge in [-0.25, -0.2) is 9.59 Å². The van der Waals surface area contributed by atoms with E-state index in [0.717, 1.165) is 0 Å². The molecule has 0 saturated heterocycles. The van der Waals surface area contributed by atoms with E-state index < -0.39 is 11.9 Å². The summed E-state index contributed by atoms with van der Waals surface area (Å²) in [6, 6.07) is 0. The van der Waals surface area contributed by atoms with Crippen LogP contribution in [0, 0.1) is 29.6 Å².